The number of carbonyl (C=O) groups excluding carboxylic acids is 1. The Hall–Kier alpha value is -4.10. The fourth-order valence-electron chi connectivity index (χ4n) is 6.43. The zero-order valence-corrected chi connectivity index (χ0v) is 23.4. The maximum Gasteiger partial charge on any atom is 0.254 e. The van der Waals surface area contributed by atoms with Gasteiger partial charge in [-0.05, 0) is 85.8 Å². The molecule has 7 rings (SSSR count). The number of rotatable bonds is 7. The highest BCUT2D eigenvalue weighted by atomic mass is 16.7. The predicted molar refractivity (Wildman–Crippen MR) is 161 cm³/mol. The average molecular weight is 549 g/mol. The molecule has 1 amide bonds. The molecule has 0 spiro atoms. The molecule has 7 heteroatoms. The number of benzene rings is 3. The summed E-state index contributed by atoms with van der Waals surface area (Å²) in [7, 11) is 0. The molecule has 3 aliphatic heterocycles. The zero-order valence-electron chi connectivity index (χ0n) is 23.4. The molecule has 2 fully saturated rings. The third kappa shape index (κ3) is 5.46. The molecule has 4 aromatic rings. The number of piperidine rings is 1. The number of hydrogen-bond acceptors (Lipinski definition) is 6. The van der Waals surface area contributed by atoms with E-state index in [4.69, 9.17) is 14.5 Å². The molecule has 210 valence electrons. The van der Waals surface area contributed by atoms with Crippen molar-refractivity contribution < 1.29 is 14.3 Å². The normalized spacial score (nSPS) is 18.6. The molecule has 0 saturated carbocycles. The van der Waals surface area contributed by atoms with E-state index in [1.165, 1.54) is 24.8 Å². The minimum atomic E-state index is 0.0995. The maximum absolute atomic E-state index is 14.4. The third-order valence-corrected chi connectivity index (χ3v) is 8.62. The Bertz CT molecular complexity index is 1550. The van der Waals surface area contributed by atoms with E-state index < -0.39 is 0 Å². The number of nitrogens with zero attached hydrogens (tertiary/aromatic N) is 3. The van der Waals surface area contributed by atoms with Crippen molar-refractivity contribution in [3.05, 3.63) is 83.9 Å². The van der Waals surface area contributed by atoms with Gasteiger partial charge in [-0.15, -0.1) is 0 Å². The van der Waals surface area contributed by atoms with Gasteiger partial charge in [0.15, 0.2) is 11.5 Å². The topological polar surface area (TPSA) is 66.9 Å². The van der Waals surface area contributed by atoms with Crippen LogP contribution in [0.25, 0.3) is 22.0 Å². The van der Waals surface area contributed by atoms with Crippen molar-refractivity contribution in [3.63, 3.8) is 0 Å². The number of nitrogens with one attached hydrogen (secondary N) is 1. The first-order chi connectivity index (χ1) is 20.2. The Kier molecular flexibility index (Phi) is 7.19. The minimum absolute atomic E-state index is 0.0995. The Balaban J connectivity index is 1.24. The van der Waals surface area contributed by atoms with Gasteiger partial charge in [-0.3, -0.25) is 4.79 Å². The van der Waals surface area contributed by atoms with Crippen molar-refractivity contribution in [1.29, 1.82) is 0 Å². The molecule has 0 aliphatic carbocycles. The number of anilines is 1. The van der Waals surface area contributed by atoms with Crippen molar-refractivity contribution >= 4 is 22.6 Å². The van der Waals surface area contributed by atoms with Crippen LogP contribution in [0.5, 0.6) is 11.5 Å². The summed E-state index contributed by atoms with van der Waals surface area (Å²) in [6.45, 7) is 4.94. The maximum atomic E-state index is 14.4. The summed E-state index contributed by atoms with van der Waals surface area (Å²) < 4.78 is 11.1. The fourth-order valence-corrected chi connectivity index (χ4v) is 6.43. The molecular weight excluding hydrogens is 512 g/mol. The van der Waals surface area contributed by atoms with Gasteiger partial charge in [-0.2, -0.15) is 0 Å². The summed E-state index contributed by atoms with van der Waals surface area (Å²) in [4.78, 5) is 24.0. The highest BCUT2D eigenvalue weighted by Crippen LogP contribution is 2.37. The minimum Gasteiger partial charge on any atom is -0.454 e. The Morgan fingerprint density at radius 1 is 0.854 bits per heavy atom. The molecule has 1 atom stereocenters. The average Bonchev–Trinajstić information content (AvgIpc) is 3.69. The van der Waals surface area contributed by atoms with Crippen LogP contribution in [0.4, 0.5) is 5.82 Å². The van der Waals surface area contributed by atoms with Crippen molar-refractivity contribution in [2.24, 2.45) is 0 Å². The first-order valence-corrected chi connectivity index (χ1v) is 14.9. The first kappa shape index (κ1) is 25.8. The van der Waals surface area contributed by atoms with Crippen molar-refractivity contribution in [2.75, 3.05) is 38.3 Å². The molecule has 0 radical (unpaired) electrons. The van der Waals surface area contributed by atoms with Gasteiger partial charge in [0.05, 0.1) is 11.1 Å². The van der Waals surface area contributed by atoms with Crippen LogP contribution >= 0.6 is 0 Å². The molecule has 0 bridgehead atoms. The van der Waals surface area contributed by atoms with Crippen LogP contribution in [-0.2, 0) is 6.54 Å². The summed E-state index contributed by atoms with van der Waals surface area (Å²) in [6, 6.07) is 24.6. The van der Waals surface area contributed by atoms with E-state index in [-0.39, 0.29) is 18.7 Å². The molecule has 0 unspecified atom stereocenters. The number of likely N-dealkylation sites (tertiary alicyclic amines) is 2. The van der Waals surface area contributed by atoms with E-state index in [1.54, 1.807) is 0 Å². The van der Waals surface area contributed by atoms with Gasteiger partial charge in [0, 0.05) is 31.1 Å². The molecule has 1 aromatic heterocycles. The van der Waals surface area contributed by atoms with E-state index in [0.717, 1.165) is 72.5 Å². The summed E-state index contributed by atoms with van der Waals surface area (Å²) in [5, 5.41) is 4.34. The third-order valence-electron chi connectivity index (χ3n) is 8.62. The van der Waals surface area contributed by atoms with Crippen LogP contribution in [-0.4, -0.2) is 59.7 Å². The fraction of sp³-hybridized carbons (Fsp3) is 0.353. The highest BCUT2D eigenvalue weighted by molar-refractivity contribution is 6.08. The Labute approximate surface area is 241 Å². The van der Waals surface area contributed by atoms with E-state index in [1.807, 2.05) is 48.5 Å². The summed E-state index contributed by atoms with van der Waals surface area (Å²) in [5.41, 5.74) is 4.72. The SMILES string of the molecule is O=C(c1cc(NCc2ccccc2)nc2ccc(-c3ccc4c(c3)OCO4)cc12)N1CCC[C@H]1CN1CCCCC1. The molecule has 2 saturated heterocycles. The van der Waals surface area contributed by atoms with Gasteiger partial charge in [0.2, 0.25) is 6.79 Å². The van der Waals surface area contributed by atoms with Crippen LogP contribution in [0.3, 0.4) is 0 Å². The second-order valence-electron chi connectivity index (χ2n) is 11.4. The standard InChI is InChI=1S/C34H36N4O3/c39-34(38-17-7-10-27(38)22-37-15-5-2-6-16-37)29-20-33(35-21-24-8-3-1-4-9-24)36-30-13-11-25(18-28(29)30)26-12-14-31-32(19-26)41-23-40-31/h1,3-4,8-9,11-14,18-20,27H,2,5-7,10,15-17,21-23H2,(H,35,36)/t27-/m0/s1. The number of ether oxygens (including phenoxy) is 2. The van der Waals surface area contributed by atoms with Gasteiger partial charge >= 0.3 is 0 Å². The molecule has 3 aromatic carbocycles. The summed E-state index contributed by atoms with van der Waals surface area (Å²) in [6.07, 6.45) is 5.95. The molecule has 3 aliphatic rings. The van der Waals surface area contributed by atoms with E-state index in [9.17, 15) is 4.79 Å². The van der Waals surface area contributed by atoms with Crippen LogP contribution in [0.15, 0.2) is 72.8 Å². The quantitative estimate of drug-likeness (QED) is 0.291. The lowest BCUT2D eigenvalue weighted by molar-refractivity contribution is 0.0692. The monoisotopic (exact) mass is 548 g/mol. The summed E-state index contributed by atoms with van der Waals surface area (Å²) >= 11 is 0. The van der Waals surface area contributed by atoms with Crippen molar-refractivity contribution in [3.8, 4) is 22.6 Å². The predicted octanol–water partition coefficient (Wildman–Crippen LogP) is 6.33. The van der Waals surface area contributed by atoms with Gasteiger partial charge in [-0.1, -0.05) is 48.9 Å². The lowest BCUT2D eigenvalue weighted by Gasteiger charge is -2.33. The van der Waals surface area contributed by atoms with E-state index in [2.05, 4.69) is 39.4 Å². The van der Waals surface area contributed by atoms with Gasteiger partial charge < -0.3 is 24.6 Å². The Morgan fingerprint density at radius 3 is 2.54 bits per heavy atom. The molecule has 7 nitrogen and oxygen atoms in total. The van der Waals surface area contributed by atoms with Crippen molar-refractivity contribution in [2.45, 2.75) is 44.7 Å². The smallest absolute Gasteiger partial charge is 0.254 e. The van der Waals surface area contributed by atoms with Crippen LogP contribution in [0.1, 0.15) is 48.0 Å². The number of carbonyl (C=O) groups is 1. The lowest BCUT2D eigenvalue weighted by Crippen LogP contribution is -2.44. The molecule has 41 heavy (non-hydrogen) atoms. The Morgan fingerprint density at radius 2 is 1.66 bits per heavy atom. The number of hydrogen-bond donors (Lipinski definition) is 1. The number of pyridine rings is 1. The zero-order chi connectivity index (χ0) is 27.6. The van der Waals surface area contributed by atoms with E-state index in [0.29, 0.717) is 17.9 Å². The van der Waals surface area contributed by atoms with E-state index >= 15 is 0 Å². The summed E-state index contributed by atoms with van der Waals surface area (Å²) in [5.74, 6) is 2.32. The number of aromatic nitrogens is 1. The number of fused-ring (bicyclic) bond motifs is 2. The number of amides is 1. The second-order valence-corrected chi connectivity index (χ2v) is 11.4. The molecular formula is C34H36N4O3. The highest BCUT2D eigenvalue weighted by Gasteiger charge is 2.32. The van der Waals surface area contributed by atoms with Crippen LogP contribution in [0, 0.1) is 0 Å². The van der Waals surface area contributed by atoms with Crippen LogP contribution < -0.4 is 14.8 Å². The molecule has 4 heterocycles. The van der Waals surface area contributed by atoms with Gasteiger partial charge in [-0.25, -0.2) is 4.98 Å². The lowest BCUT2D eigenvalue weighted by atomic mass is 9.99. The first-order valence-electron chi connectivity index (χ1n) is 14.9. The van der Waals surface area contributed by atoms with Crippen LogP contribution in [0.2, 0.25) is 0 Å². The van der Waals surface area contributed by atoms with Gasteiger partial charge in [0.25, 0.3) is 5.91 Å². The second kappa shape index (κ2) is 11.4. The largest absolute Gasteiger partial charge is 0.454 e. The van der Waals surface area contributed by atoms with Gasteiger partial charge in [0.1, 0.15) is 5.82 Å². The molecule has 1 N–H and O–H groups in total. The van der Waals surface area contributed by atoms with Crippen molar-refractivity contribution in [1.82, 2.24) is 14.8 Å².